The number of aryl methyl sites for hydroxylation is 1. The Labute approximate surface area is 101 Å². The maximum absolute atomic E-state index is 9.14. The largest absolute Gasteiger partial charge is 0.390 e. The van der Waals surface area contributed by atoms with Gasteiger partial charge in [0, 0.05) is 0 Å². The van der Waals surface area contributed by atoms with Crippen molar-refractivity contribution in [1.82, 2.24) is 15.0 Å². The average Bonchev–Trinajstić information content (AvgIpc) is 2.85. The molecule has 0 unspecified atom stereocenters. The fourth-order valence-corrected chi connectivity index (χ4v) is 1.77. The lowest BCUT2D eigenvalue weighted by Crippen LogP contribution is -2.02. The number of aromatic nitrogens is 3. The van der Waals surface area contributed by atoms with Crippen molar-refractivity contribution in [2.24, 2.45) is 0 Å². The zero-order chi connectivity index (χ0) is 12.1. The summed E-state index contributed by atoms with van der Waals surface area (Å²) in [6.07, 6.45) is 5.11. The third-order valence-electron chi connectivity index (χ3n) is 2.78. The van der Waals surface area contributed by atoms with Crippen molar-refractivity contribution < 1.29 is 5.11 Å². The van der Waals surface area contributed by atoms with E-state index < -0.39 is 0 Å². The summed E-state index contributed by atoms with van der Waals surface area (Å²) in [4.78, 5) is 0. The van der Waals surface area contributed by atoms with Gasteiger partial charge in [-0.1, -0.05) is 30.7 Å². The number of aliphatic hydroxyl groups is 1. The molecule has 0 spiro atoms. The SMILES string of the molecule is CCCCc1ccc(-n2nncc2CO)cc1. The molecule has 0 saturated heterocycles. The zero-order valence-electron chi connectivity index (χ0n) is 10.0. The molecule has 0 radical (unpaired) electrons. The smallest absolute Gasteiger partial charge is 0.0900 e. The Balaban J connectivity index is 2.17. The first-order chi connectivity index (χ1) is 8.35. The highest BCUT2D eigenvalue weighted by atomic mass is 16.3. The van der Waals surface area contributed by atoms with E-state index in [2.05, 4.69) is 29.4 Å². The highest BCUT2D eigenvalue weighted by Crippen LogP contribution is 2.12. The molecule has 1 aromatic heterocycles. The Morgan fingerprint density at radius 3 is 2.65 bits per heavy atom. The van der Waals surface area contributed by atoms with Gasteiger partial charge in [-0.2, -0.15) is 0 Å². The molecule has 0 saturated carbocycles. The van der Waals surface area contributed by atoms with Crippen molar-refractivity contribution in [2.45, 2.75) is 32.8 Å². The number of rotatable bonds is 5. The first-order valence-electron chi connectivity index (χ1n) is 5.95. The van der Waals surface area contributed by atoms with Crippen LogP contribution in [0.2, 0.25) is 0 Å². The minimum Gasteiger partial charge on any atom is -0.390 e. The summed E-state index contributed by atoms with van der Waals surface area (Å²) in [6.45, 7) is 2.14. The molecule has 0 atom stereocenters. The van der Waals surface area contributed by atoms with Gasteiger partial charge in [-0.25, -0.2) is 4.68 Å². The number of nitrogens with zero attached hydrogens (tertiary/aromatic N) is 3. The molecule has 0 aliphatic heterocycles. The van der Waals surface area contributed by atoms with Crippen molar-refractivity contribution in [2.75, 3.05) is 0 Å². The van der Waals surface area contributed by atoms with E-state index in [1.165, 1.54) is 18.4 Å². The third-order valence-corrected chi connectivity index (χ3v) is 2.78. The minimum absolute atomic E-state index is 0.0510. The Hall–Kier alpha value is -1.68. The molecule has 1 heterocycles. The van der Waals surface area contributed by atoms with E-state index in [1.54, 1.807) is 10.9 Å². The fourth-order valence-electron chi connectivity index (χ4n) is 1.77. The minimum atomic E-state index is -0.0510. The predicted octanol–water partition coefficient (Wildman–Crippen LogP) is 2.10. The van der Waals surface area contributed by atoms with E-state index >= 15 is 0 Å². The van der Waals surface area contributed by atoms with Crippen LogP contribution in [0.5, 0.6) is 0 Å². The van der Waals surface area contributed by atoms with Crippen LogP contribution in [0.3, 0.4) is 0 Å². The van der Waals surface area contributed by atoms with Gasteiger partial charge >= 0.3 is 0 Å². The summed E-state index contributed by atoms with van der Waals surface area (Å²) in [7, 11) is 0. The summed E-state index contributed by atoms with van der Waals surface area (Å²) in [5.41, 5.74) is 2.97. The highest BCUT2D eigenvalue weighted by Gasteiger charge is 2.04. The molecule has 0 aliphatic rings. The molecule has 1 N–H and O–H groups in total. The van der Waals surface area contributed by atoms with E-state index in [0.717, 1.165) is 12.1 Å². The maximum atomic E-state index is 9.14. The monoisotopic (exact) mass is 231 g/mol. The Morgan fingerprint density at radius 2 is 2.00 bits per heavy atom. The molecule has 17 heavy (non-hydrogen) atoms. The van der Waals surface area contributed by atoms with Crippen molar-refractivity contribution in [3.8, 4) is 5.69 Å². The van der Waals surface area contributed by atoms with Crippen molar-refractivity contribution in [3.05, 3.63) is 41.7 Å². The first kappa shape index (κ1) is 11.8. The van der Waals surface area contributed by atoms with Crippen LogP contribution in [-0.4, -0.2) is 20.1 Å². The van der Waals surface area contributed by atoms with E-state index in [4.69, 9.17) is 5.11 Å². The van der Waals surface area contributed by atoms with E-state index in [0.29, 0.717) is 5.69 Å². The summed E-state index contributed by atoms with van der Waals surface area (Å²) < 4.78 is 1.66. The maximum Gasteiger partial charge on any atom is 0.0900 e. The molecular weight excluding hydrogens is 214 g/mol. The molecular formula is C13H17N3O. The van der Waals surface area contributed by atoms with Gasteiger partial charge in [-0.05, 0) is 30.5 Å². The Kier molecular flexibility index (Phi) is 3.88. The number of hydrogen-bond donors (Lipinski definition) is 1. The average molecular weight is 231 g/mol. The standard InChI is InChI=1S/C13H17N3O/c1-2-3-4-11-5-7-12(8-6-11)16-13(10-17)9-14-15-16/h5-9,17H,2-4,10H2,1H3. The van der Waals surface area contributed by atoms with Crippen molar-refractivity contribution >= 4 is 0 Å². The second kappa shape index (κ2) is 5.59. The van der Waals surface area contributed by atoms with E-state index in [-0.39, 0.29) is 6.61 Å². The van der Waals surface area contributed by atoms with E-state index in [1.807, 2.05) is 12.1 Å². The molecule has 90 valence electrons. The Bertz CT molecular complexity index is 462. The second-order valence-corrected chi connectivity index (χ2v) is 4.07. The number of hydrogen-bond acceptors (Lipinski definition) is 3. The van der Waals surface area contributed by atoms with Gasteiger partial charge in [0.05, 0.1) is 24.2 Å². The van der Waals surface area contributed by atoms with Crippen LogP contribution >= 0.6 is 0 Å². The molecule has 0 bridgehead atoms. The summed E-state index contributed by atoms with van der Waals surface area (Å²) >= 11 is 0. The summed E-state index contributed by atoms with van der Waals surface area (Å²) in [5.74, 6) is 0. The van der Waals surface area contributed by atoms with Gasteiger partial charge < -0.3 is 5.11 Å². The lowest BCUT2D eigenvalue weighted by atomic mass is 10.1. The van der Waals surface area contributed by atoms with Crippen LogP contribution < -0.4 is 0 Å². The van der Waals surface area contributed by atoms with Gasteiger partial charge in [-0.3, -0.25) is 0 Å². The predicted molar refractivity (Wildman–Crippen MR) is 65.9 cm³/mol. The second-order valence-electron chi connectivity index (χ2n) is 4.07. The normalized spacial score (nSPS) is 10.7. The summed E-state index contributed by atoms with van der Waals surface area (Å²) in [5, 5.41) is 16.9. The van der Waals surface area contributed by atoms with Crippen LogP contribution in [-0.2, 0) is 13.0 Å². The number of unbranched alkanes of at least 4 members (excludes halogenated alkanes) is 1. The van der Waals surface area contributed by atoms with Gasteiger partial charge in [0.15, 0.2) is 0 Å². The number of benzene rings is 1. The van der Waals surface area contributed by atoms with Crippen LogP contribution in [0.1, 0.15) is 31.0 Å². The van der Waals surface area contributed by atoms with Gasteiger partial charge in [0.1, 0.15) is 0 Å². The molecule has 2 aromatic rings. The molecule has 4 heteroatoms. The zero-order valence-corrected chi connectivity index (χ0v) is 10.0. The van der Waals surface area contributed by atoms with Crippen LogP contribution in [0.15, 0.2) is 30.5 Å². The van der Waals surface area contributed by atoms with Gasteiger partial charge in [0.2, 0.25) is 0 Å². The molecule has 0 amide bonds. The number of aliphatic hydroxyl groups excluding tert-OH is 1. The lowest BCUT2D eigenvalue weighted by molar-refractivity contribution is 0.273. The fraction of sp³-hybridized carbons (Fsp3) is 0.385. The topological polar surface area (TPSA) is 50.9 Å². The van der Waals surface area contributed by atoms with Crippen LogP contribution in [0.25, 0.3) is 5.69 Å². The van der Waals surface area contributed by atoms with Crippen molar-refractivity contribution in [1.29, 1.82) is 0 Å². The summed E-state index contributed by atoms with van der Waals surface area (Å²) in [6, 6.07) is 8.24. The molecule has 2 rings (SSSR count). The quantitative estimate of drug-likeness (QED) is 0.857. The van der Waals surface area contributed by atoms with Crippen LogP contribution in [0, 0.1) is 0 Å². The Morgan fingerprint density at radius 1 is 1.24 bits per heavy atom. The third kappa shape index (κ3) is 2.71. The molecule has 0 fully saturated rings. The first-order valence-corrected chi connectivity index (χ1v) is 5.95. The molecule has 1 aromatic carbocycles. The van der Waals surface area contributed by atoms with Crippen molar-refractivity contribution in [3.63, 3.8) is 0 Å². The lowest BCUT2D eigenvalue weighted by Gasteiger charge is -2.05. The van der Waals surface area contributed by atoms with Gasteiger partial charge in [-0.15, -0.1) is 5.10 Å². The van der Waals surface area contributed by atoms with Crippen LogP contribution in [0.4, 0.5) is 0 Å². The molecule has 0 aliphatic carbocycles. The van der Waals surface area contributed by atoms with E-state index in [9.17, 15) is 0 Å². The molecule has 4 nitrogen and oxygen atoms in total. The highest BCUT2D eigenvalue weighted by molar-refractivity contribution is 5.34. The van der Waals surface area contributed by atoms with Gasteiger partial charge in [0.25, 0.3) is 0 Å².